The fraction of sp³-hybridized carbons (Fsp3) is 0.947. The average Bonchev–Trinajstić information content (AvgIpc) is 3.09. The molecule has 3 heterocycles. The maximum Gasteiger partial charge on any atom is 0.311 e. The number of aliphatic hydroxyl groups excluding tert-OH is 3. The van der Waals surface area contributed by atoms with Gasteiger partial charge in [-0.1, -0.05) is 27.7 Å². The third-order valence-electron chi connectivity index (χ3n) is 12.3. The van der Waals surface area contributed by atoms with Gasteiger partial charge in [0.15, 0.2) is 12.6 Å². The third-order valence-corrected chi connectivity index (χ3v) is 12.3. The van der Waals surface area contributed by atoms with Gasteiger partial charge in [-0.05, 0) is 74.9 Å². The summed E-state index contributed by atoms with van der Waals surface area (Å²) in [4.78, 5) is 30.1. The molecule has 14 heteroatoms. The highest BCUT2D eigenvalue weighted by molar-refractivity contribution is 5.83. The van der Waals surface area contributed by atoms with Crippen molar-refractivity contribution >= 4 is 11.8 Å². The van der Waals surface area contributed by atoms with Gasteiger partial charge >= 0.3 is 5.97 Å². The van der Waals surface area contributed by atoms with Crippen LogP contribution >= 0.6 is 0 Å². The molecule has 0 unspecified atom stereocenters. The molecule has 0 saturated carbocycles. The summed E-state index contributed by atoms with van der Waals surface area (Å²) in [5.74, 6) is -4.47. The summed E-state index contributed by atoms with van der Waals surface area (Å²) in [5.41, 5.74) is -4.24. The predicted molar refractivity (Wildman–Crippen MR) is 191 cm³/mol. The van der Waals surface area contributed by atoms with Crippen LogP contribution in [0.3, 0.4) is 0 Å². The maximum atomic E-state index is 14.2. The highest BCUT2D eigenvalue weighted by Gasteiger charge is 2.54. The zero-order valence-corrected chi connectivity index (χ0v) is 33.9. The van der Waals surface area contributed by atoms with Crippen LogP contribution in [-0.2, 0) is 42.7 Å². The molecule has 0 bridgehead atoms. The molecular formula is C38H69NO13. The molecule has 0 radical (unpaired) electrons. The predicted octanol–water partition coefficient (Wildman–Crippen LogP) is 2.44. The van der Waals surface area contributed by atoms with Crippen LogP contribution in [0.2, 0.25) is 0 Å². The molecule has 14 nitrogen and oxygen atoms in total. The Hall–Kier alpha value is -1.30. The molecule has 3 fully saturated rings. The molecule has 0 aliphatic carbocycles. The minimum absolute atomic E-state index is 0.111. The lowest BCUT2D eigenvalue weighted by atomic mass is 9.74. The Labute approximate surface area is 310 Å². The van der Waals surface area contributed by atoms with Crippen LogP contribution in [0.15, 0.2) is 0 Å². The van der Waals surface area contributed by atoms with Crippen molar-refractivity contribution < 1.29 is 63.2 Å². The number of methoxy groups -OCH3 is 2. The van der Waals surface area contributed by atoms with Gasteiger partial charge < -0.3 is 58.5 Å². The number of esters is 1. The van der Waals surface area contributed by atoms with Gasteiger partial charge in [-0.2, -0.15) is 0 Å². The van der Waals surface area contributed by atoms with E-state index >= 15 is 0 Å². The number of aliphatic hydroxyl groups is 4. The quantitative estimate of drug-likeness (QED) is 0.266. The monoisotopic (exact) mass is 747 g/mol. The van der Waals surface area contributed by atoms with Crippen molar-refractivity contribution in [2.45, 2.75) is 179 Å². The van der Waals surface area contributed by atoms with E-state index in [0.29, 0.717) is 6.42 Å². The summed E-state index contributed by atoms with van der Waals surface area (Å²) in [6.07, 6.45) is -8.73. The Kier molecular flexibility index (Phi) is 15.3. The van der Waals surface area contributed by atoms with Gasteiger partial charge in [-0.25, -0.2) is 0 Å². The number of likely N-dealkylation sites (N-methyl/N-ethyl adjacent to an activating group) is 1. The Morgan fingerprint density at radius 1 is 0.846 bits per heavy atom. The number of carbonyl (C=O) groups is 2. The third kappa shape index (κ3) is 9.38. The molecule has 52 heavy (non-hydrogen) atoms. The summed E-state index contributed by atoms with van der Waals surface area (Å²) in [5, 5.41) is 45.6. The maximum absolute atomic E-state index is 14.2. The number of Topliss-reactive ketones (excluding diaryl/α,β-unsaturated/α-hetero) is 1. The van der Waals surface area contributed by atoms with Gasteiger partial charge in [0.2, 0.25) is 0 Å². The van der Waals surface area contributed by atoms with E-state index in [1.165, 1.54) is 21.1 Å². The second-order valence-corrected chi connectivity index (χ2v) is 16.6. The van der Waals surface area contributed by atoms with Gasteiger partial charge in [0.25, 0.3) is 0 Å². The van der Waals surface area contributed by atoms with Gasteiger partial charge in [-0.15, -0.1) is 0 Å². The molecule has 0 aromatic carbocycles. The lowest BCUT2D eigenvalue weighted by Crippen LogP contribution is -2.61. The van der Waals surface area contributed by atoms with E-state index in [-0.39, 0.29) is 37.2 Å². The number of cyclic esters (lactones) is 1. The van der Waals surface area contributed by atoms with Crippen molar-refractivity contribution in [3.8, 4) is 0 Å². The lowest BCUT2D eigenvalue weighted by Gasteiger charge is -2.50. The molecule has 4 N–H and O–H groups in total. The summed E-state index contributed by atoms with van der Waals surface area (Å²) in [6.45, 7) is 17.1. The van der Waals surface area contributed by atoms with Crippen LogP contribution in [0.1, 0.15) is 94.9 Å². The molecule has 0 amide bonds. The largest absolute Gasteiger partial charge is 0.459 e. The van der Waals surface area contributed by atoms with Gasteiger partial charge in [0.1, 0.15) is 29.7 Å². The van der Waals surface area contributed by atoms with Crippen molar-refractivity contribution in [1.29, 1.82) is 0 Å². The summed E-state index contributed by atoms with van der Waals surface area (Å²) in [7, 11) is 6.77. The van der Waals surface area contributed by atoms with E-state index in [2.05, 4.69) is 0 Å². The fourth-order valence-electron chi connectivity index (χ4n) is 8.58. The second kappa shape index (κ2) is 17.7. The highest BCUT2D eigenvalue weighted by Crippen LogP contribution is 2.41. The van der Waals surface area contributed by atoms with Crippen molar-refractivity contribution in [2.24, 2.45) is 23.7 Å². The molecule has 304 valence electrons. The van der Waals surface area contributed by atoms with Crippen molar-refractivity contribution in [3.05, 3.63) is 0 Å². The first-order valence-corrected chi connectivity index (χ1v) is 18.9. The topological polar surface area (TPSA) is 183 Å². The molecule has 0 aromatic rings. The smallest absolute Gasteiger partial charge is 0.311 e. The van der Waals surface area contributed by atoms with Crippen molar-refractivity contribution in [3.63, 3.8) is 0 Å². The Bertz CT molecular complexity index is 1190. The van der Waals surface area contributed by atoms with E-state index in [0.717, 1.165) is 0 Å². The van der Waals surface area contributed by atoms with Gasteiger partial charge in [0.05, 0.1) is 47.6 Å². The van der Waals surface area contributed by atoms with E-state index < -0.39 is 102 Å². The van der Waals surface area contributed by atoms with Gasteiger partial charge in [-0.3, -0.25) is 9.59 Å². The Balaban J connectivity index is 2.22. The zero-order chi connectivity index (χ0) is 39.7. The minimum atomic E-state index is -1.96. The molecule has 0 aromatic heterocycles. The molecule has 3 aliphatic rings. The van der Waals surface area contributed by atoms with Crippen LogP contribution in [0.4, 0.5) is 0 Å². The first-order chi connectivity index (χ1) is 24.0. The normalized spacial score (nSPS) is 49.0. The first-order valence-electron chi connectivity index (χ1n) is 18.9. The number of nitrogens with zero attached hydrogens (tertiary/aromatic N) is 1. The number of hydrogen-bond donors (Lipinski definition) is 4. The molecule has 0 spiro atoms. The van der Waals surface area contributed by atoms with Crippen LogP contribution < -0.4 is 0 Å². The second-order valence-electron chi connectivity index (χ2n) is 16.6. The lowest BCUT2D eigenvalue weighted by molar-refractivity contribution is -0.319. The number of carbonyl (C=O) groups excluding carboxylic acids is 2. The molecule has 3 saturated heterocycles. The number of hydrogen-bond acceptors (Lipinski definition) is 14. The number of ether oxygens (including phenoxy) is 7. The van der Waals surface area contributed by atoms with Crippen LogP contribution in [0, 0.1) is 23.7 Å². The number of rotatable bonds is 8. The Morgan fingerprint density at radius 3 is 1.98 bits per heavy atom. The molecular weight excluding hydrogens is 678 g/mol. The SMILES string of the molecule is CC[C@H]1OC(=O)[C@H](C)[C@@H](O[C@@H]2C[C@@](C)(OC)[C@@H](O)[C@H](C)O2)[C@@H](C)[C@@H](O[C@H]2O[C@H](C)C[C@H](N(C)C)[C@H]2O)[C@@](C)(OC)C[C@@H](C)C(=O)[C@H](C)[C@H](O)[C@@]1(C)O. The molecule has 3 aliphatic heterocycles. The average molecular weight is 748 g/mol. The van der Waals surface area contributed by atoms with E-state index in [1.54, 1.807) is 48.5 Å². The zero-order valence-electron chi connectivity index (χ0n) is 33.9. The van der Waals surface area contributed by atoms with Crippen LogP contribution in [-0.4, -0.2) is 150 Å². The Morgan fingerprint density at radius 2 is 1.44 bits per heavy atom. The first kappa shape index (κ1) is 45.1. The van der Waals surface area contributed by atoms with E-state index in [9.17, 15) is 30.0 Å². The summed E-state index contributed by atoms with van der Waals surface area (Å²) < 4.78 is 43.9. The van der Waals surface area contributed by atoms with E-state index in [1.807, 2.05) is 32.8 Å². The highest BCUT2D eigenvalue weighted by atomic mass is 16.7. The fourth-order valence-corrected chi connectivity index (χ4v) is 8.58. The van der Waals surface area contributed by atoms with Crippen LogP contribution in [0.5, 0.6) is 0 Å². The van der Waals surface area contributed by atoms with Gasteiger partial charge in [0, 0.05) is 44.4 Å². The summed E-state index contributed by atoms with van der Waals surface area (Å²) >= 11 is 0. The van der Waals surface area contributed by atoms with Crippen molar-refractivity contribution in [1.82, 2.24) is 4.90 Å². The summed E-state index contributed by atoms with van der Waals surface area (Å²) in [6, 6.07) is -0.283. The van der Waals surface area contributed by atoms with E-state index in [4.69, 9.17) is 33.2 Å². The number of ketones is 1. The minimum Gasteiger partial charge on any atom is -0.459 e. The standard InChI is InChI=1S/C38H69NO13/c1-15-26-38(10,45)31(42)21(4)28(40)19(2)17-37(9,47-14)33(52-35-29(41)25(39(11)12)16-20(3)48-35)22(5)30(23(6)34(44)50-26)51-27-18-36(8,46-13)32(43)24(7)49-27/h19-27,29-33,35,41-43,45H,15-18H2,1-14H3/t19-,20-,21+,22-,23-,24+,25+,26-,27-,29-,30+,31+,32+,33-,35-,36-,37+,38+/m1/s1. The molecule has 18 atom stereocenters. The van der Waals surface area contributed by atoms with Crippen molar-refractivity contribution in [2.75, 3.05) is 28.3 Å². The molecule has 3 rings (SSSR count). The van der Waals surface area contributed by atoms with Crippen LogP contribution in [0.25, 0.3) is 0 Å².